The zero-order chi connectivity index (χ0) is 15.5. The maximum absolute atomic E-state index is 11.9. The Morgan fingerprint density at radius 3 is 2.62 bits per heavy atom. The standard InChI is InChI=1S/C16H20ClNO3/c1-16(2,3)21-15(19)18-13-5-4-10-20-14(13)11-6-8-12(17)9-7-11/h4,6-10,13-14H,5H2,1-3H3,(H,18,19)/t13-,14+/m0/s1. The summed E-state index contributed by atoms with van der Waals surface area (Å²) in [6, 6.07) is 7.24. The molecule has 0 radical (unpaired) electrons. The van der Waals surface area contributed by atoms with Gasteiger partial charge < -0.3 is 14.8 Å². The summed E-state index contributed by atoms with van der Waals surface area (Å²) in [5.74, 6) is 0. The fourth-order valence-corrected chi connectivity index (χ4v) is 2.24. The van der Waals surface area contributed by atoms with Gasteiger partial charge in [-0.15, -0.1) is 0 Å². The van der Waals surface area contributed by atoms with E-state index in [0.717, 1.165) is 5.56 Å². The zero-order valence-corrected chi connectivity index (χ0v) is 13.2. The van der Waals surface area contributed by atoms with Gasteiger partial charge in [0.05, 0.1) is 12.3 Å². The van der Waals surface area contributed by atoms with Crippen LogP contribution in [0, 0.1) is 0 Å². The highest BCUT2D eigenvalue weighted by Gasteiger charge is 2.29. The van der Waals surface area contributed by atoms with E-state index in [-0.39, 0.29) is 12.1 Å². The predicted octanol–water partition coefficient (Wildman–Crippen LogP) is 4.21. The van der Waals surface area contributed by atoms with Crippen molar-refractivity contribution >= 4 is 17.7 Å². The summed E-state index contributed by atoms with van der Waals surface area (Å²) in [7, 11) is 0. The van der Waals surface area contributed by atoms with Crippen LogP contribution in [0.3, 0.4) is 0 Å². The number of carbonyl (C=O) groups excluding carboxylic acids is 1. The van der Waals surface area contributed by atoms with E-state index in [1.165, 1.54) is 0 Å². The van der Waals surface area contributed by atoms with Crippen molar-refractivity contribution in [3.05, 3.63) is 47.2 Å². The van der Waals surface area contributed by atoms with E-state index in [0.29, 0.717) is 11.4 Å². The van der Waals surface area contributed by atoms with Crippen LogP contribution in [0.15, 0.2) is 36.6 Å². The van der Waals surface area contributed by atoms with Crippen LogP contribution in [-0.4, -0.2) is 17.7 Å². The van der Waals surface area contributed by atoms with E-state index in [9.17, 15) is 4.79 Å². The number of ether oxygens (including phenoxy) is 2. The van der Waals surface area contributed by atoms with Gasteiger partial charge in [-0.3, -0.25) is 0 Å². The van der Waals surface area contributed by atoms with E-state index in [1.54, 1.807) is 6.26 Å². The molecule has 0 fully saturated rings. The van der Waals surface area contributed by atoms with Gasteiger partial charge in [-0.25, -0.2) is 4.79 Å². The van der Waals surface area contributed by atoms with Crippen molar-refractivity contribution in [2.75, 3.05) is 0 Å². The van der Waals surface area contributed by atoms with Crippen molar-refractivity contribution < 1.29 is 14.3 Å². The fraction of sp³-hybridized carbons (Fsp3) is 0.438. The fourth-order valence-electron chi connectivity index (χ4n) is 2.12. The first-order chi connectivity index (χ1) is 9.85. The summed E-state index contributed by atoms with van der Waals surface area (Å²) in [6.45, 7) is 5.50. The number of rotatable bonds is 2. The second kappa shape index (κ2) is 6.39. The van der Waals surface area contributed by atoms with E-state index < -0.39 is 11.7 Å². The molecule has 0 bridgehead atoms. The van der Waals surface area contributed by atoms with Gasteiger partial charge >= 0.3 is 6.09 Å². The molecule has 4 nitrogen and oxygen atoms in total. The Balaban J connectivity index is 2.07. The van der Waals surface area contributed by atoms with Gasteiger partial charge in [-0.2, -0.15) is 0 Å². The van der Waals surface area contributed by atoms with Gasteiger partial charge in [0.25, 0.3) is 0 Å². The van der Waals surface area contributed by atoms with Gasteiger partial charge in [0.1, 0.15) is 11.7 Å². The molecule has 2 atom stereocenters. The van der Waals surface area contributed by atoms with Crippen molar-refractivity contribution in [3.8, 4) is 0 Å². The van der Waals surface area contributed by atoms with E-state index >= 15 is 0 Å². The smallest absolute Gasteiger partial charge is 0.408 e. The molecule has 1 aromatic rings. The number of benzene rings is 1. The van der Waals surface area contributed by atoms with Crippen molar-refractivity contribution in [1.29, 1.82) is 0 Å². The number of hydrogen-bond acceptors (Lipinski definition) is 3. The van der Waals surface area contributed by atoms with E-state index in [1.807, 2.05) is 51.1 Å². The van der Waals surface area contributed by atoms with Gasteiger partial charge in [0.2, 0.25) is 0 Å². The Bertz CT molecular complexity index is 519. The summed E-state index contributed by atoms with van der Waals surface area (Å²) < 4.78 is 10.9. The van der Waals surface area contributed by atoms with Crippen molar-refractivity contribution in [3.63, 3.8) is 0 Å². The zero-order valence-electron chi connectivity index (χ0n) is 12.4. The molecule has 0 saturated heterocycles. The highest BCUT2D eigenvalue weighted by Crippen LogP contribution is 2.28. The highest BCUT2D eigenvalue weighted by atomic mass is 35.5. The van der Waals surface area contributed by atoms with E-state index in [4.69, 9.17) is 21.1 Å². The SMILES string of the molecule is CC(C)(C)OC(=O)N[C@H]1CC=CO[C@@H]1c1ccc(Cl)cc1. The molecule has 2 rings (SSSR count). The molecule has 1 aliphatic heterocycles. The maximum atomic E-state index is 11.9. The number of carbonyl (C=O) groups is 1. The Morgan fingerprint density at radius 2 is 2.00 bits per heavy atom. The molecule has 1 aliphatic rings. The van der Waals surface area contributed by atoms with Crippen LogP contribution in [0.5, 0.6) is 0 Å². The summed E-state index contributed by atoms with van der Waals surface area (Å²) >= 11 is 5.90. The van der Waals surface area contributed by atoms with Gasteiger partial charge in [0, 0.05) is 5.02 Å². The lowest BCUT2D eigenvalue weighted by Gasteiger charge is -2.31. The predicted molar refractivity (Wildman–Crippen MR) is 82.2 cm³/mol. The van der Waals surface area contributed by atoms with Crippen LogP contribution in [0.4, 0.5) is 4.79 Å². The van der Waals surface area contributed by atoms with Gasteiger partial charge in [-0.05, 0) is 51.0 Å². The first kappa shape index (κ1) is 15.7. The summed E-state index contributed by atoms with van der Waals surface area (Å²) in [6.07, 6.45) is 3.54. The average Bonchev–Trinajstić information content (AvgIpc) is 2.38. The van der Waals surface area contributed by atoms with Crippen LogP contribution >= 0.6 is 11.6 Å². The molecular weight excluding hydrogens is 290 g/mol. The largest absolute Gasteiger partial charge is 0.491 e. The molecule has 5 heteroatoms. The first-order valence-electron chi connectivity index (χ1n) is 6.90. The minimum Gasteiger partial charge on any atom is -0.491 e. The number of halogens is 1. The van der Waals surface area contributed by atoms with Crippen LogP contribution in [-0.2, 0) is 9.47 Å². The first-order valence-corrected chi connectivity index (χ1v) is 7.28. The molecule has 0 aliphatic carbocycles. The maximum Gasteiger partial charge on any atom is 0.408 e. The Morgan fingerprint density at radius 1 is 1.33 bits per heavy atom. The molecule has 1 amide bonds. The molecule has 1 N–H and O–H groups in total. The van der Waals surface area contributed by atoms with Crippen molar-refractivity contribution in [1.82, 2.24) is 5.32 Å². The lowest BCUT2D eigenvalue weighted by molar-refractivity contribution is 0.0374. The molecule has 1 aromatic carbocycles. The lowest BCUT2D eigenvalue weighted by Crippen LogP contribution is -2.43. The van der Waals surface area contributed by atoms with E-state index in [2.05, 4.69) is 5.32 Å². The molecule has 0 unspecified atom stereocenters. The van der Waals surface area contributed by atoms with Crippen molar-refractivity contribution in [2.24, 2.45) is 0 Å². The van der Waals surface area contributed by atoms with Crippen LogP contribution in [0.1, 0.15) is 38.9 Å². The second-order valence-corrected chi connectivity index (χ2v) is 6.40. The summed E-state index contributed by atoms with van der Waals surface area (Å²) in [5.41, 5.74) is 0.440. The minimum absolute atomic E-state index is 0.175. The molecule has 114 valence electrons. The van der Waals surface area contributed by atoms with Gasteiger partial charge in [0.15, 0.2) is 0 Å². The van der Waals surface area contributed by atoms with Crippen LogP contribution < -0.4 is 5.32 Å². The summed E-state index contributed by atoms with van der Waals surface area (Å²) in [5, 5.41) is 3.54. The number of hydrogen-bond donors (Lipinski definition) is 1. The Kier molecular flexibility index (Phi) is 4.78. The minimum atomic E-state index is -0.523. The Labute approximate surface area is 130 Å². The van der Waals surface area contributed by atoms with Gasteiger partial charge in [-0.1, -0.05) is 23.7 Å². The number of nitrogens with one attached hydrogen (secondary N) is 1. The van der Waals surface area contributed by atoms with Crippen LogP contribution in [0.2, 0.25) is 5.02 Å². The third-order valence-electron chi connectivity index (χ3n) is 2.98. The van der Waals surface area contributed by atoms with Crippen molar-refractivity contribution in [2.45, 2.75) is 44.9 Å². The number of alkyl carbamates (subject to hydrolysis) is 1. The second-order valence-electron chi connectivity index (χ2n) is 5.97. The molecule has 0 spiro atoms. The monoisotopic (exact) mass is 309 g/mol. The normalized spacial score (nSPS) is 21.5. The number of amides is 1. The topological polar surface area (TPSA) is 47.6 Å². The quantitative estimate of drug-likeness (QED) is 0.890. The molecule has 0 aromatic heterocycles. The Hall–Kier alpha value is -1.68. The van der Waals surface area contributed by atoms with Crippen LogP contribution in [0.25, 0.3) is 0 Å². The molecule has 1 heterocycles. The molecule has 0 saturated carbocycles. The third kappa shape index (κ3) is 4.67. The summed E-state index contributed by atoms with van der Waals surface area (Å²) in [4.78, 5) is 11.9. The third-order valence-corrected chi connectivity index (χ3v) is 3.23. The highest BCUT2D eigenvalue weighted by molar-refractivity contribution is 6.30. The lowest BCUT2D eigenvalue weighted by atomic mass is 9.98. The molecule has 21 heavy (non-hydrogen) atoms. The molecular formula is C16H20ClNO3. The average molecular weight is 310 g/mol.